The van der Waals surface area contributed by atoms with Crippen molar-refractivity contribution in [1.82, 2.24) is 0 Å². The highest BCUT2D eigenvalue weighted by molar-refractivity contribution is 5.46. The van der Waals surface area contributed by atoms with Crippen LogP contribution in [0.2, 0.25) is 0 Å². The van der Waals surface area contributed by atoms with Crippen LogP contribution in [0.5, 0.6) is 34.5 Å². The first kappa shape index (κ1) is 16.7. The van der Waals surface area contributed by atoms with Crippen molar-refractivity contribution in [1.29, 1.82) is 0 Å². The highest BCUT2D eigenvalue weighted by Crippen LogP contribution is 2.34. The summed E-state index contributed by atoms with van der Waals surface area (Å²) in [5.41, 5.74) is 0. The van der Waals surface area contributed by atoms with Gasteiger partial charge < -0.3 is 14.2 Å². The van der Waals surface area contributed by atoms with E-state index in [1.165, 1.54) is 0 Å². The first-order valence-corrected chi connectivity index (χ1v) is 8.61. The van der Waals surface area contributed by atoms with Crippen LogP contribution in [0.15, 0.2) is 103 Å². The van der Waals surface area contributed by atoms with Crippen molar-refractivity contribution in [3.8, 4) is 34.5 Å². The van der Waals surface area contributed by atoms with Gasteiger partial charge in [-0.2, -0.15) is 0 Å². The van der Waals surface area contributed by atoms with Gasteiger partial charge in [0, 0.05) is 12.1 Å². The zero-order valence-corrected chi connectivity index (χ0v) is 14.5. The van der Waals surface area contributed by atoms with Crippen molar-refractivity contribution in [3.63, 3.8) is 0 Å². The fraction of sp³-hybridized carbons (Fsp3) is 0. The van der Waals surface area contributed by atoms with Crippen molar-refractivity contribution in [2.24, 2.45) is 0 Å². The molecule has 0 bridgehead atoms. The van der Waals surface area contributed by atoms with Crippen molar-refractivity contribution >= 4 is 0 Å². The van der Waals surface area contributed by atoms with Gasteiger partial charge >= 0.3 is 0 Å². The van der Waals surface area contributed by atoms with Gasteiger partial charge in [0.15, 0.2) is 0 Å². The molecule has 0 aliphatic carbocycles. The summed E-state index contributed by atoms with van der Waals surface area (Å²) in [6, 6.07) is 35.4. The van der Waals surface area contributed by atoms with E-state index in [1.807, 2.05) is 91.0 Å². The highest BCUT2D eigenvalue weighted by Gasteiger charge is 2.08. The van der Waals surface area contributed by atoms with Gasteiger partial charge in [-0.1, -0.05) is 54.6 Å². The van der Waals surface area contributed by atoms with Crippen molar-refractivity contribution < 1.29 is 14.2 Å². The maximum atomic E-state index is 5.96. The molecule has 27 heavy (non-hydrogen) atoms. The van der Waals surface area contributed by atoms with Crippen LogP contribution in [0.4, 0.5) is 0 Å². The molecule has 0 unspecified atom stereocenters. The lowest BCUT2D eigenvalue weighted by molar-refractivity contribution is 0.438. The van der Waals surface area contributed by atoms with E-state index < -0.39 is 0 Å². The van der Waals surface area contributed by atoms with Gasteiger partial charge in [0.1, 0.15) is 34.5 Å². The van der Waals surface area contributed by atoms with Gasteiger partial charge in [0.05, 0.1) is 6.07 Å². The van der Waals surface area contributed by atoms with Gasteiger partial charge in [-0.05, 0) is 36.4 Å². The third-order valence-corrected chi connectivity index (χ3v) is 3.71. The number of ether oxygens (including phenoxy) is 3. The second kappa shape index (κ2) is 8.11. The molecular formula is C24H17O3. The zero-order valence-electron chi connectivity index (χ0n) is 14.5. The van der Waals surface area contributed by atoms with Crippen LogP contribution in [0.3, 0.4) is 0 Å². The van der Waals surface area contributed by atoms with E-state index >= 15 is 0 Å². The first-order valence-electron chi connectivity index (χ1n) is 8.61. The second-order valence-corrected chi connectivity index (χ2v) is 5.79. The van der Waals surface area contributed by atoms with E-state index in [9.17, 15) is 0 Å². The minimum absolute atomic E-state index is 0.514. The molecular weight excluding hydrogens is 336 g/mol. The van der Waals surface area contributed by atoms with Crippen LogP contribution < -0.4 is 14.2 Å². The standard InChI is InChI=1S/C24H17O3/c1-4-10-19(11-5-1)25-22-16-23(26-20-12-6-2-7-13-20)18-24(17-22)27-21-14-8-3-9-15-21/h1-17H. The molecule has 131 valence electrons. The summed E-state index contributed by atoms with van der Waals surface area (Å²) in [5.74, 6) is 3.81. The molecule has 3 heteroatoms. The number of hydrogen-bond acceptors (Lipinski definition) is 3. The maximum absolute atomic E-state index is 5.96. The molecule has 1 radical (unpaired) electrons. The lowest BCUT2D eigenvalue weighted by Gasteiger charge is -2.12. The summed E-state index contributed by atoms with van der Waals surface area (Å²) in [6.45, 7) is 0. The molecule has 0 spiro atoms. The molecule has 0 aromatic heterocycles. The molecule has 0 aliphatic heterocycles. The Morgan fingerprint density at radius 1 is 0.407 bits per heavy atom. The Balaban J connectivity index is 1.64. The number of benzene rings is 4. The molecule has 4 aromatic rings. The van der Waals surface area contributed by atoms with Crippen LogP contribution >= 0.6 is 0 Å². The summed E-state index contributed by atoms with van der Waals surface area (Å²) in [7, 11) is 0. The largest absolute Gasteiger partial charge is 0.457 e. The lowest BCUT2D eigenvalue weighted by Crippen LogP contribution is -1.91. The molecule has 0 heterocycles. The normalized spacial score (nSPS) is 10.2. The molecule has 0 amide bonds. The molecule has 3 nitrogen and oxygen atoms in total. The zero-order chi connectivity index (χ0) is 18.3. The Labute approximate surface area is 158 Å². The molecule has 0 saturated carbocycles. The molecule has 4 aromatic carbocycles. The minimum Gasteiger partial charge on any atom is -0.457 e. The van der Waals surface area contributed by atoms with E-state index in [0.717, 1.165) is 17.2 Å². The third-order valence-electron chi connectivity index (χ3n) is 3.71. The minimum atomic E-state index is 0.514. The average molecular weight is 353 g/mol. The fourth-order valence-electron chi connectivity index (χ4n) is 2.52. The Morgan fingerprint density at radius 2 is 0.778 bits per heavy atom. The third kappa shape index (κ3) is 4.67. The van der Waals surface area contributed by atoms with Gasteiger partial charge in [-0.3, -0.25) is 0 Å². The topological polar surface area (TPSA) is 27.7 Å². The molecule has 0 atom stereocenters. The number of para-hydroxylation sites is 3. The van der Waals surface area contributed by atoms with Crippen molar-refractivity contribution in [2.75, 3.05) is 0 Å². The first-order chi connectivity index (χ1) is 13.3. The highest BCUT2D eigenvalue weighted by atomic mass is 16.5. The van der Waals surface area contributed by atoms with Gasteiger partial charge in [-0.15, -0.1) is 0 Å². The van der Waals surface area contributed by atoms with Crippen LogP contribution in [-0.4, -0.2) is 0 Å². The molecule has 0 saturated heterocycles. The predicted octanol–water partition coefficient (Wildman–Crippen LogP) is 6.86. The van der Waals surface area contributed by atoms with Crippen molar-refractivity contribution in [3.05, 3.63) is 109 Å². The summed E-state index contributed by atoms with van der Waals surface area (Å²) >= 11 is 0. The van der Waals surface area contributed by atoms with Crippen LogP contribution in [-0.2, 0) is 0 Å². The molecule has 0 aliphatic rings. The van der Waals surface area contributed by atoms with E-state index in [-0.39, 0.29) is 0 Å². The molecule has 0 N–H and O–H groups in total. The SMILES string of the molecule is [c]1c(Oc2ccccc2)cc(Oc2ccccc2)cc1Oc1ccccc1. The Kier molecular flexibility index (Phi) is 5.02. The Morgan fingerprint density at radius 3 is 1.19 bits per heavy atom. The smallest absolute Gasteiger partial charge is 0.143 e. The van der Waals surface area contributed by atoms with E-state index in [1.54, 1.807) is 12.1 Å². The van der Waals surface area contributed by atoms with E-state index in [4.69, 9.17) is 14.2 Å². The number of rotatable bonds is 6. The second-order valence-electron chi connectivity index (χ2n) is 5.79. The van der Waals surface area contributed by atoms with Crippen LogP contribution in [0, 0.1) is 6.07 Å². The van der Waals surface area contributed by atoms with Gasteiger partial charge in [-0.25, -0.2) is 0 Å². The summed E-state index contributed by atoms with van der Waals surface area (Å²) in [6.07, 6.45) is 0. The Hall–Kier alpha value is -3.72. The predicted molar refractivity (Wildman–Crippen MR) is 105 cm³/mol. The fourth-order valence-corrected chi connectivity index (χ4v) is 2.52. The van der Waals surface area contributed by atoms with E-state index in [2.05, 4.69) is 6.07 Å². The van der Waals surface area contributed by atoms with Crippen LogP contribution in [0.1, 0.15) is 0 Å². The summed E-state index contributed by atoms with van der Waals surface area (Å²) < 4.78 is 17.8. The van der Waals surface area contributed by atoms with Gasteiger partial charge in [0.2, 0.25) is 0 Å². The monoisotopic (exact) mass is 353 g/mol. The maximum Gasteiger partial charge on any atom is 0.143 e. The molecule has 4 rings (SSSR count). The summed E-state index contributed by atoms with van der Waals surface area (Å²) in [5, 5.41) is 0. The van der Waals surface area contributed by atoms with Crippen molar-refractivity contribution in [2.45, 2.75) is 0 Å². The van der Waals surface area contributed by atoms with Gasteiger partial charge in [0.25, 0.3) is 0 Å². The molecule has 0 fully saturated rings. The number of hydrogen-bond donors (Lipinski definition) is 0. The average Bonchev–Trinajstić information content (AvgIpc) is 2.70. The lowest BCUT2D eigenvalue weighted by atomic mass is 10.2. The summed E-state index contributed by atoms with van der Waals surface area (Å²) in [4.78, 5) is 0. The quantitative estimate of drug-likeness (QED) is 0.379. The van der Waals surface area contributed by atoms with Crippen LogP contribution in [0.25, 0.3) is 0 Å². The van der Waals surface area contributed by atoms with E-state index in [0.29, 0.717) is 17.2 Å². The Bertz CT molecular complexity index is 839.